The van der Waals surface area contributed by atoms with Crippen LogP contribution in [0.2, 0.25) is 0 Å². The maximum Gasteiger partial charge on any atom is 0.356 e. The van der Waals surface area contributed by atoms with E-state index in [9.17, 15) is 4.79 Å². The van der Waals surface area contributed by atoms with Crippen molar-refractivity contribution in [2.75, 3.05) is 0 Å². The Morgan fingerprint density at radius 1 is 0.947 bits per heavy atom. The Kier molecular flexibility index (Phi) is 4.18. The number of hydrogen-bond donors (Lipinski definition) is 1. The molecule has 0 aromatic heterocycles. The molecule has 2 rings (SSSR count). The minimum atomic E-state index is -1.11. The van der Waals surface area contributed by atoms with E-state index in [1.807, 2.05) is 36.4 Å². The van der Waals surface area contributed by atoms with Crippen molar-refractivity contribution in [1.29, 1.82) is 0 Å². The predicted molar refractivity (Wildman–Crippen MR) is 73.0 cm³/mol. The van der Waals surface area contributed by atoms with Gasteiger partial charge in [0.05, 0.1) is 5.69 Å². The third-order valence-electron chi connectivity index (χ3n) is 2.35. The molecule has 0 aliphatic carbocycles. The van der Waals surface area contributed by atoms with E-state index in [2.05, 4.69) is 10.2 Å². The van der Waals surface area contributed by atoms with E-state index in [-0.39, 0.29) is 5.70 Å². The SMILES string of the molecule is O=C(O)C(=Cc1ccccc1)N=Nc1ccccc1. The molecule has 94 valence electrons. The van der Waals surface area contributed by atoms with E-state index in [4.69, 9.17) is 5.11 Å². The monoisotopic (exact) mass is 252 g/mol. The molecule has 0 spiro atoms. The molecule has 19 heavy (non-hydrogen) atoms. The zero-order chi connectivity index (χ0) is 13.5. The molecule has 0 amide bonds. The lowest BCUT2D eigenvalue weighted by Gasteiger charge is -1.95. The molecule has 0 aliphatic heterocycles. The van der Waals surface area contributed by atoms with Gasteiger partial charge in [-0.1, -0.05) is 48.5 Å². The Hall–Kier alpha value is -2.75. The first-order chi connectivity index (χ1) is 9.25. The van der Waals surface area contributed by atoms with Gasteiger partial charge in [-0.15, -0.1) is 5.11 Å². The van der Waals surface area contributed by atoms with Crippen LogP contribution in [-0.2, 0) is 4.79 Å². The highest BCUT2D eigenvalue weighted by atomic mass is 16.4. The van der Waals surface area contributed by atoms with Gasteiger partial charge in [-0.05, 0) is 23.8 Å². The Labute approximate surface area is 110 Å². The number of carbonyl (C=O) groups is 1. The predicted octanol–water partition coefficient (Wildman–Crippen LogP) is 3.90. The first-order valence-electron chi connectivity index (χ1n) is 5.72. The summed E-state index contributed by atoms with van der Waals surface area (Å²) in [6.07, 6.45) is 1.48. The molecule has 4 nitrogen and oxygen atoms in total. The third kappa shape index (κ3) is 3.89. The number of rotatable bonds is 4. The number of carboxylic acid groups (broad SMARTS) is 1. The van der Waals surface area contributed by atoms with Crippen LogP contribution < -0.4 is 0 Å². The first-order valence-corrected chi connectivity index (χ1v) is 5.72. The summed E-state index contributed by atoms with van der Waals surface area (Å²) in [5.74, 6) is -1.11. The van der Waals surface area contributed by atoms with Gasteiger partial charge in [-0.25, -0.2) is 4.79 Å². The summed E-state index contributed by atoms with van der Waals surface area (Å²) >= 11 is 0. The van der Waals surface area contributed by atoms with E-state index in [1.165, 1.54) is 6.08 Å². The average Bonchev–Trinajstić information content (AvgIpc) is 2.45. The summed E-state index contributed by atoms with van der Waals surface area (Å²) in [7, 11) is 0. The van der Waals surface area contributed by atoms with Crippen molar-refractivity contribution in [3.8, 4) is 0 Å². The Balaban J connectivity index is 2.25. The van der Waals surface area contributed by atoms with Crippen LogP contribution in [0.4, 0.5) is 5.69 Å². The molecule has 0 aliphatic rings. The first kappa shape index (κ1) is 12.7. The van der Waals surface area contributed by atoms with Crippen LogP contribution in [0.15, 0.2) is 76.6 Å². The standard InChI is InChI=1S/C15H12N2O2/c18-15(19)14(11-12-7-3-1-4-8-12)17-16-13-9-5-2-6-10-13/h1-11H,(H,18,19). The van der Waals surface area contributed by atoms with Gasteiger partial charge in [0.1, 0.15) is 0 Å². The molecule has 1 N–H and O–H groups in total. The Bertz CT molecular complexity index is 605. The second-order valence-corrected chi connectivity index (χ2v) is 3.78. The lowest BCUT2D eigenvalue weighted by molar-refractivity contribution is -0.132. The van der Waals surface area contributed by atoms with E-state index >= 15 is 0 Å². The normalized spacial score (nSPS) is 11.7. The summed E-state index contributed by atoms with van der Waals surface area (Å²) < 4.78 is 0. The van der Waals surface area contributed by atoms with Crippen LogP contribution in [0.3, 0.4) is 0 Å². The van der Waals surface area contributed by atoms with E-state index < -0.39 is 5.97 Å². The molecule has 0 heterocycles. The highest BCUT2D eigenvalue weighted by Crippen LogP contribution is 2.14. The molecule has 0 bridgehead atoms. The van der Waals surface area contributed by atoms with Crippen LogP contribution in [-0.4, -0.2) is 11.1 Å². The number of hydrogen-bond acceptors (Lipinski definition) is 3. The lowest BCUT2D eigenvalue weighted by Crippen LogP contribution is -1.96. The van der Waals surface area contributed by atoms with Gasteiger partial charge in [-0.2, -0.15) is 5.11 Å². The molecule has 0 unspecified atom stereocenters. The van der Waals surface area contributed by atoms with Gasteiger partial charge in [0, 0.05) is 0 Å². The van der Waals surface area contributed by atoms with Crippen molar-refractivity contribution < 1.29 is 9.90 Å². The molecule has 2 aromatic carbocycles. The molecule has 0 saturated heterocycles. The highest BCUT2D eigenvalue weighted by molar-refractivity contribution is 5.91. The summed E-state index contributed by atoms with van der Waals surface area (Å²) in [5, 5.41) is 16.8. The quantitative estimate of drug-likeness (QED) is 0.662. The molecule has 2 aromatic rings. The number of aliphatic carboxylic acids is 1. The zero-order valence-corrected chi connectivity index (χ0v) is 10.1. The third-order valence-corrected chi connectivity index (χ3v) is 2.35. The molecule has 0 saturated carbocycles. The topological polar surface area (TPSA) is 62.0 Å². The molecular formula is C15H12N2O2. The molecule has 4 heteroatoms. The molecule has 0 fully saturated rings. The van der Waals surface area contributed by atoms with Crippen LogP contribution in [0, 0.1) is 0 Å². The van der Waals surface area contributed by atoms with E-state index in [0.717, 1.165) is 5.56 Å². The van der Waals surface area contributed by atoms with E-state index in [1.54, 1.807) is 24.3 Å². The van der Waals surface area contributed by atoms with Gasteiger partial charge >= 0.3 is 5.97 Å². The number of benzene rings is 2. The molecular weight excluding hydrogens is 240 g/mol. The largest absolute Gasteiger partial charge is 0.476 e. The fourth-order valence-corrected chi connectivity index (χ4v) is 1.45. The summed E-state index contributed by atoms with van der Waals surface area (Å²) in [4.78, 5) is 11.1. The minimum Gasteiger partial charge on any atom is -0.476 e. The van der Waals surface area contributed by atoms with Gasteiger partial charge in [-0.3, -0.25) is 0 Å². The fourth-order valence-electron chi connectivity index (χ4n) is 1.45. The maximum atomic E-state index is 11.1. The van der Waals surface area contributed by atoms with Crippen LogP contribution in [0.5, 0.6) is 0 Å². The van der Waals surface area contributed by atoms with Crippen molar-refractivity contribution >= 4 is 17.7 Å². The van der Waals surface area contributed by atoms with Crippen LogP contribution in [0.25, 0.3) is 6.08 Å². The Morgan fingerprint density at radius 3 is 2.11 bits per heavy atom. The minimum absolute atomic E-state index is 0.102. The second-order valence-electron chi connectivity index (χ2n) is 3.78. The van der Waals surface area contributed by atoms with Crippen molar-refractivity contribution in [2.24, 2.45) is 10.2 Å². The second kappa shape index (κ2) is 6.26. The number of carboxylic acids is 1. The van der Waals surface area contributed by atoms with Crippen molar-refractivity contribution in [1.82, 2.24) is 0 Å². The van der Waals surface area contributed by atoms with Gasteiger partial charge in [0.25, 0.3) is 0 Å². The average molecular weight is 252 g/mol. The van der Waals surface area contributed by atoms with Gasteiger partial charge in [0.2, 0.25) is 0 Å². The molecule has 0 radical (unpaired) electrons. The van der Waals surface area contributed by atoms with Crippen LogP contribution >= 0.6 is 0 Å². The molecule has 0 atom stereocenters. The number of nitrogens with zero attached hydrogens (tertiary/aromatic N) is 2. The van der Waals surface area contributed by atoms with Crippen molar-refractivity contribution in [3.63, 3.8) is 0 Å². The smallest absolute Gasteiger partial charge is 0.356 e. The highest BCUT2D eigenvalue weighted by Gasteiger charge is 2.05. The maximum absolute atomic E-state index is 11.1. The summed E-state index contributed by atoms with van der Waals surface area (Å²) in [6.45, 7) is 0. The summed E-state index contributed by atoms with van der Waals surface area (Å²) in [6, 6.07) is 18.1. The lowest BCUT2D eigenvalue weighted by atomic mass is 10.2. The van der Waals surface area contributed by atoms with Crippen LogP contribution in [0.1, 0.15) is 5.56 Å². The zero-order valence-electron chi connectivity index (χ0n) is 10.1. The van der Waals surface area contributed by atoms with Crippen molar-refractivity contribution in [2.45, 2.75) is 0 Å². The fraction of sp³-hybridized carbons (Fsp3) is 0. The van der Waals surface area contributed by atoms with Gasteiger partial charge < -0.3 is 5.11 Å². The Morgan fingerprint density at radius 2 is 1.53 bits per heavy atom. The van der Waals surface area contributed by atoms with Crippen molar-refractivity contribution in [3.05, 3.63) is 71.9 Å². The van der Waals surface area contributed by atoms with E-state index in [0.29, 0.717) is 5.69 Å². The van der Waals surface area contributed by atoms with Gasteiger partial charge in [0.15, 0.2) is 5.70 Å². The number of azo groups is 1. The summed E-state index contributed by atoms with van der Waals surface area (Å²) in [5.41, 5.74) is 1.28.